The summed E-state index contributed by atoms with van der Waals surface area (Å²) in [6.45, 7) is 0. The van der Waals surface area contributed by atoms with Crippen LogP contribution in [0, 0.1) is 0 Å². The van der Waals surface area contributed by atoms with Gasteiger partial charge in [-0.15, -0.1) is 0 Å². The highest BCUT2D eigenvalue weighted by molar-refractivity contribution is 9.10. The molecule has 0 unspecified atom stereocenters. The fourth-order valence-electron chi connectivity index (χ4n) is 2.54. The Balaban J connectivity index is 1.84. The predicted molar refractivity (Wildman–Crippen MR) is 121 cm³/mol. The first-order valence-electron chi connectivity index (χ1n) is 8.10. The zero-order chi connectivity index (χ0) is 21.1. The SMILES string of the molecule is COc1cc(/C=C2\SC(=S)N(NC(=O)c3ccccc3Cl)C2=O)cc(Br)c1OC. The number of rotatable bonds is 5. The number of hydrogen-bond acceptors (Lipinski definition) is 6. The van der Waals surface area contributed by atoms with E-state index in [-0.39, 0.29) is 14.9 Å². The largest absolute Gasteiger partial charge is 0.493 e. The number of ether oxygens (including phenoxy) is 2. The smallest absolute Gasteiger partial charge is 0.285 e. The number of carbonyl (C=O) groups excluding carboxylic acids is 2. The number of benzene rings is 2. The fraction of sp³-hybridized carbons (Fsp3) is 0.105. The van der Waals surface area contributed by atoms with Gasteiger partial charge >= 0.3 is 0 Å². The van der Waals surface area contributed by atoms with Crippen molar-refractivity contribution in [1.82, 2.24) is 10.4 Å². The summed E-state index contributed by atoms with van der Waals surface area (Å²) in [5, 5.41) is 1.31. The number of thiocarbonyl (C=S) groups is 1. The summed E-state index contributed by atoms with van der Waals surface area (Å²) in [7, 11) is 3.06. The highest BCUT2D eigenvalue weighted by Gasteiger charge is 2.34. The Kier molecular flexibility index (Phi) is 6.84. The molecule has 0 bridgehead atoms. The van der Waals surface area contributed by atoms with Gasteiger partial charge in [-0.1, -0.05) is 35.5 Å². The van der Waals surface area contributed by atoms with E-state index in [1.807, 2.05) is 0 Å². The van der Waals surface area contributed by atoms with Gasteiger partial charge in [-0.2, -0.15) is 5.01 Å². The first-order valence-corrected chi connectivity index (χ1v) is 10.5. The van der Waals surface area contributed by atoms with Crippen LogP contribution >= 0.6 is 51.5 Å². The molecule has 1 aliphatic heterocycles. The Morgan fingerprint density at radius 1 is 1.28 bits per heavy atom. The van der Waals surface area contributed by atoms with Crippen molar-refractivity contribution in [2.24, 2.45) is 0 Å². The highest BCUT2D eigenvalue weighted by Crippen LogP contribution is 2.38. The van der Waals surface area contributed by atoms with Crippen molar-refractivity contribution in [2.75, 3.05) is 14.2 Å². The molecule has 10 heteroatoms. The second-order valence-corrected chi connectivity index (χ2v) is 8.61. The van der Waals surface area contributed by atoms with Gasteiger partial charge < -0.3 is 9.47 Å². The lowest BCUT2D eigenvalue weighted by Gasteiger charge is -2.16. The van der Waals surface area contributed by atoms with E-state index in [4.69, 9.17) is 33.3 Å². The lowest BCUT2D eigenvalue weighted by atomic mass is 10.2. The maximum absolute atomic E-state index is 12.8. The first kappa shape index (κ1) is 21.6. The Hall–Kier alpha value is -2.07. The van der Waals surface area contributed by atoms with E-state index in [1.54, 1.807) is 42.5 Å². The van der Waals surface area contributed by atoms with E-state index in [9.17, 15) is 9.59 Å². The van der Waals surface area contributed by atoms with Crippen LogP contribution in [0.4, 0.5) is 0 Å². The van der Waals surface area contributed by atoms with E-state index in [0.717, 1.165) is 16.8 Å². The minimum atomic E-state index is -0.526. The van der Waals surface area contributed by atoms with Gasteiger partial charge in [0.15, 0.2) is 15.8 Å². The van der Waals surface area contributed by atoms with Crippen LogP contribution in [0.1, 0.15) is 15.9 Å². The predicted octanol–water partition coefficient (Wildman–Crippen LogP) is 4.67. The van der Waals surface area contributed by atoms with Crippen molar-refractivity contribution in [3.63, 3.8) is 0 Å². The van der Waals surface area contributed by atoms with Crippen LogP contribution in [0.15, 0.2) is 45.8 Å². The normalized spacial score (nSPS) is 15.0. The molecule has 150 valence electrons. The summed E-state index contributed by atoms with van der Waals surface area (Å²) in [6.07, 6.45) is 1.66. The van der Waals surface area contributed by atoms with Crippen LogP contribution in [0.5, 0.6) is 11.5 Å². The number of amides is 2. The van der Waals surface area contributed by atoms with Gasteiger partial charge in [0.1, 0.15) is 0 Å². The molecule has 6 nitrogen and oxygen atoms in total. The molecular weight excluding hydrogens is 500 g/mol. The van der Waals surface area contributed by atoms with Gasteiger partial charge in [-0.25, -0.2) is 0 Å². The Morgan fingerprint density at radius 3 is 2.66 bits per heavy atom. The maximum atomic E-state index is 12.8. The van der Waals surface area contributed by atoms with Crippen LogP contribution < -0.4 is 14.9 Å². The van der Waals surface area contributed by atoms with Crippen LogP contribution in [0.25, 0.3) is 6.08 Å². The van der Waals surface area contributed by atoms with Gasteiger partial charge in [0.2, 0.25) is 0 Å². The fourth-order valence-corrected chi connectivity index (χ4v) is 4.57. The maximum Gasteiger partial charge on any atom is 0.285 e. The highest BCUT2D eigenvalue weighted by atomic mass is 79.9. The molecule has 3 rings (SSSR count). The molecule has 0 saturated carbocycles. The quantitative estimate of drug-likeness (QED) is 0.463. The minimum Gasteiger partial charge on any atom is -0.493 e. The zero-order valence-corrected chi connectivity index (χ0v) is 19.2. The van der Waals surface area contributed by atoms with E-state index in [2.05, 4.69) is 21.4 Å². The molecule has 0 aromatic heterocycles. The monoisotopic (exact) mass is 512 g/mol. The molecule has 1 aliphatic rings. The molecule has 0 spiro atoms. The molecule has 2 aromatic carbocycles. The third-order valence-electron chi connectivity index (χ3n) is 3.88. The van der Waals surface area contributed by atoms with Crippen molar-refractivity contribution in [1.29, 1.82) is 0 Å². The van der Waals surface area contributed by atoms with E-state index in [0.29, 0.717) is 26.4 Å². The molecular formula is C19H14BrClN2O4S2. The second kappa shape index (κ2) is 9.17. The number of thioether (sulfide) groups is 1. The molecule has 0 radical (unpaired) electrons. The van der Waals surface area contributed by atoms with Crippen LogP contribution in [0.3, 0.4) is 0 Å². The third kappa shape index (κ3) is 4.58. The van der Waals surface area contributed by atoms with Crippen molar-refractivity contribution < 1.29 is 19.1 Å². The van der Waals surface area contributed by atoms with Crippen molar-refractivity contribution in [2.45, 2.75) is 0 Å². The zero-order valence-electron chi connectivity index (χ0n) is 15.2. The number of carbonyl (C=O) groups is 2. The summed E-state index contributed by atoms with van der Waals surface area (Å²) in [6, 6.07) is 10.1. The minimum absolute atomic E-state index is 0.209. The Labute approximate surface area is 190 Å². The van der Waals surface area contributed by atoms with Gasteiger partial charge in [0, 0.05) is 0 Å². The van der Waals surface area contributed by atoms with Gasteiger partial charge in [0.05, 0.1) is 34.2 Å². The molecule has 1 heterocycles. The van der Waals surface area contributed by atoms with E-state index >= 15 is 0 Å². The standard InChI is InChI=1S/C19H14BrClN2O4S2/c1-26-14-8-10(7-12(20)16(14)27-2)9-15-18(25)23(19(28)29-15)22-17(24)11-5-3-4-6-13(11)21/h3-9H,1-2H3,(H,22,24)/b15-9-. The van der Waals surface area contributed by atoms with Gasteiger partial charge in [-0.3, -0.25) is 15.0 Å². The lowest BCUT2D eigenvalue weighted by molar-refractivity contribution is -0.123. The van der Waals surface area contributed by atoms with E-state index < -0.39 is 11.8 Å². The summed E-state index contributed by atoms with van der Waals surface area (Å²) < 4.78 is 11.5. The topological polar surface area (TPSA) is 67.9 Å². The van der Waals surface area contributed by atoms with Crippen LogP contribution in [0.2, 0.25) is 5.02 Å². The Bertz CT molecular complexity index is 1040. The average Bonchev–Trinajstić information content (AvgIpc) is 2.95. The molecule has 2 aromatic rings. The average molecular weight is 514 g/mol. The van der Waals surface area contributed by atoms with Crippen molar-refractivity contribution in [3.05, 3.63) is 61.9 Å². The number of methoxy groups -OCH3 is 2. The summed E-state index contributed by atoms with van der Waals surface area (Å²) in [5.41, 5.74) is 3.45. The third-order valence-corrected chi connectivity index (χ3v) is 6.10. The van der Waals surface area contributed by atoms with Crippen molar-refractivity contribution >= 4 is 73.7 Å². The molecule has 1 N–H and O–H groups in total. The molecule has 0 atom stereocenters. The number of hydrogen-bond donors (Lipinski definition) is 1. The Morgan fingerprint density at radius 2 is 2.00 bits per heavy atom. The summed E-state index contributed by atoms with van der Waals surface area (Å²) in [5.74, 6) is 0.0909. The summed E-state index contributed by atoms with van der Waals surface area (Å²) >= 11 is 15.8. The second-order valence-electron chi connectivity index (χ2n) is 5.68. The lowest BCUT2D eigenvalue weighted by Crippen LogP contribution is -2.44. The molecule has 29 heavy (non-hydrogen) atoms. The summed E-state index contributed by atoms with van der Waals surface area (Å²) in [4.78, 5) is 25.6. The van der Waals surface area contributed by atoms with Gasteiger partial charge in [0.25, 0.3) is 11.8 Å². The number of hydrazine groups is 1. The molecule has 1 fully saturated rings. The number of nitrogens with one attached hydrogen (secondary N) is 1. The van der Waals surface area contributed by atoms with E-state index in [1.165, 1.54) is 14.2 Å². The molecule has 2 amide bonds. The van der Waals surface area contributed by atoms with Gasteiger partial charge in [-0.05, 0) is 64.1 Å². The first-order chi connectivity index (χ1) is 13.8. The molecule has 0 aliphatic carbocycles. The molecule has 1 saturated heterocycles. The number of nitrogens with zero attached hydrogens (tertiary/aromatic N) is 1. The van der Waals surface area contributed by atoms with Crippen LogP contribution in [-0.2, 0) is 4.79 Å². The van der Waals surface area contributed by atoms with Crippen molar-refractivity contribution in [3.8, 4) is 11.5 Å². The van der Waals surface area contributed by atoms with Crippen LogP contribution in [-0.4, -0.2) is 35.4 Å². The number of halogens is 2.